The molecule has 0 amide bonds. The molecule has 0 spiro atoms. The van der Waals surface area contributed by atoms with Gasteiger partial charge in [-0.3, -0.25) is 4.57 Å². The van der Waals surface area contributed by atoms with Gasteiger partial charge in [0.1, 0.15) is 0 Å². The van der Waals surface area contributed by atoms with Gasteiger partial charge in [0.05, 0.1) is 5.52 Å². The van der Waals surface area contributed by atoms with Crippen molar-refractivity contribution in [2.45, 2.75) is 43.9 Å². The van der Waals surface area contributed by atoms with Crippen LogP contribution >= 0.6 is 24.0 Å². The van der Waals surface area contributed by atoms with Crippen molar-refractivity contribution < 1.29 is 0 Å². The van der Waals surface area contributed by atoms with Crippen LogP contribution in [0.15, 0.2) is 12.3 Å². The molecule has 0 atom stereocenters. The lowest BCUT2D eigenvalue weighted by Gasteiger charge is -2.28. The average Bonchev–Trinajstić information content (AvgIpc) is 2.74. The Morgan fingerprint density at radius 1 is 1.37 bits per heavy atom. The zero-order valence-corrected chi connectivity index (χ0v) is 13.0. The van der Waals surface area contributed by atoms with Gasteiger partial charge in [-0.2, -0.15) is 11.8 Å². The van der Waals surface area contributed by atoms with Gasteiger partial charge in [-0.25, -0.2) is 4.98 Å². The van der Waals surface area contributed by atoms with Crippen LogP contribution in [0.1, 0.15) is 37.3 Å². The Labute approximate surface area is 122 Å². The molecule has 0 unspecified atom stereocenters. The normalized spacial score (nSPS) is 23.9. The second kappa shape index (κ2) is 5.29. The highest BCUT2D eigenvalue weighted by molar-refractivity contribution is 7.99. The number of hydrogen-bond acceptors (Lipinski definition) is 3. The minimum Gasteiger partial charge on any atom is -0.329 e. The zero-order chi connectivity index (χ0) is 13.4. The van der Waals surface area contributed by atoms with Gasteiger partial charge in [0.25, 0.3) is 0 Å². The molecular formula is C14H19N3S2. The van der Waals surface area contributed by atoms with E-state index in [0.29, 0.717) is 6.04 Å². The fraction of sp³-hybridized carbons (Fsp3) is 0.571. The number of fused-ring (bicyclic) bond motifs is 1. The highest BCUT2D eigenvalue weighted by Gasteiger charge is 2.23. The van der Waals surface area contributed by atoms with E-state index in [1.807, 2.05) is 18.0 Å². The molecule has 102 valence electrons. The van der Waals surface area contributed by atoms with Crippen LogP contribution < -0.4 is 0 Å². The molecular weight excluding hydrogens is 274 g/mol. The van der Waals surface area contributed by atoms with Gasteiger partial charge in [-0.15, -0.1) is 0 Å². The Kier molecular flexibility index (Phi) is 3.67. The molecule has 3 nitrogen and oxygen atoms in total. The van der Waals surface area contributed by atoms with Crippen molar-refractivity contribution in [3.05, 3.63) is 22.6 Å². The average molecular weight is 293 g/mol. The van der Waals surface area contributed by atoms with Gasteiger partial charge in [-0.1, -0.05) is 0 Å². The van der Waals surface area contributed by atoms with E-state index in [9.17, 15) is 0 Å². The van der Waals surface area contributed by atoms with Gasteiger partial charge in [-0.05, 0) is 62.7 Å². The molecule has 1 saturated carbocycles. The summed E-state index contributed by atoms with van der Waals surface area (Å²) in [6, 6.07) is 2.64. The van der Waals surface area contributed by atoms with Crippen molar-refractivity contribution in [1.82, 2.24) is 14.5 Å². The van der Waals surface area contributed by atoms with Crippen molar-refractivity contribution in [2.24, 2.45) is 0 Å². The van der Waals surface area contributed by atoms with Gasteiger partial charge >= 0.3 is 0 Å². The topological polar surface area (TPSA) is 33.6 Å². The van der Waals surface area contributed by atoms with Crippen molar-refractivity contribution in [3.63, 3.8) is 0 Å². The van der Waals surface area contributed by atoms with E-state index in [0.717, 1.165) is 21.2 Å². The monoisotopic (exact) mass is 293 g/mol. The molecule has 19 heavy (non-hydrogen) atoms. The second-order valence-corrected chi connectivity index (χ2v) is 6.87. The SMILES string of the molecule is CSC1CCC(n2c(=S)[nH]c3cc(C)cnc32)CC1. The van der Waals surface area contributed by atoms with Crippen LogP contribution in [0.5, 0.6) is 0 Å². The number of nitrogens with one attached hydrogen (secondary N) is 1. The highest BCUT2D eigenvalue weighted by Crippen LogP contribution is 2.35. The molecule has 0 aliphatic heterocycles. The molecule has 2 heterocycles. The minimum absolute atomic E-state index is 0.514. The number of imidazole rings is 1. The number of nitrogens with zero attached hydrogens (tertiary/aromatic N) is 2. The van der Waals surface area contributed by atoms with Crippen LogP contribution in [-0.2, 0) is 0 Å². The first-order chi connectivity index (χ1) is 9.19. The fourth-order valence-electron chi connectivity index (χ4n) is 3.00. The number of thioether (sulfide) groups is 1. The molecule has 0 radical (unpaired) electrons. The van der Waals surface area contributed by atoms with Gasteiger partial charge in [0.15, 0.2) is 10.4 Å². The van der Waals surface area contributed by atoms with Crippen LogP contribution in [0.4, 0.5) is 0 Å². The van der Waals surface area contributed by atoms with Crippen molar-refractivity contribution in [1.29, 1.82) is 0 Å². The number of pyridine rings is 1. The molecule has 3 rings (SSSR count). The number of aromatic amines is 1. The van der Waals surface area contributed by atoms with Crippen molar-refractivity contribution in [3.8, 4) is 0 Å². The Morgan fingerprint density at radius 3 is 2.79 bits per heavy atom. The van der Waals surface area contributed by atoms with Crippen LogP contribution in [0.3, 0.4) is 0 Å². The van der Waals surface area contributed by atoms with Crippen molar-refractivity contribution >= 4 is 35.1 Å². The standard InChI is InChI=1S/C14H19N3S2/c1-9-7-12-13(15-8-9)17(14(18)16-12)10-3-5-11(19-2)6-4-10/h7-8,10-11H,3-6H2,1-2H3,(H,16,18). The quantitative estimate of drug-likeness (QED) is 0.840. The van der Waals surface area contributed by atoms with Gasteiger partial charge in [0, 0.05) is 17.5 Å². The first-order valence-electron chi connectivity index (χ1n) is 6.78. The molecule has 5 heteroatoms. The van der Waals surface area contributed by atoms with Crippen LogP contribution in [-0.4, -0.2) is 26.0 Å². The van der Waals surface area contributed by atoms with Crippen LogP contribution in [0, 0.1) is 11.7 Å². The summed E-state index contributed by atoms with van der Waals surface area (Å²) >= 11 is 7.49. The van der Waals surface area contributed by atoms with Gasteiger partial charge < -0.3 is 4.98 Å². The predicted octanol–water partition coefficient (Wildman–Crippen LogP) is 4.25. The summed E-state index contributed by atoms with van der Waals surface area (Å²) in [6.07, 6.45) is 9.13. The number of H-pyrrole nitrogens is 1. The lowest BCUT2D eigenvalue weighted by atomic mass is 9.95. The maximum atomic E-state index is 5.50. The van der Waals surface area contributed by atoms with Crippen molar-refractivity contribution in [2.75, 3.05) is 6.26 Å². The first kappa shape index (κ1) is 13.2. The molecule has 2 aromatic heterocycles. The molecule has 0 bridgehead atoms. The molecule has 1 aliphatic carbocycles. The highest BCUT2D eigenvalue weighted by atomic mass is 32.2. The van der Waals surface area contributed by atoms with Gasteiger partial charge in [0.2, 0.25) is 0 Å². The largest absolute Gasteiger partial charge is 0.329 e. The first-order valence-corrected chi connectivity index (χ1v) is 8.48. The maximum absolute atomic E-state index is 5.50. The zero-order valence-electron chi connectivity index (χ0n) is 11.3. The predicted molar refractivity (Wildman–Crippen MR) is 84.5 cm³/mol. The molecule has 0 saturated heterocycles. The lowest BCUT2D eigenvalue weighted by molar-refractivity contribution is 0.362. The minimum atomic E-state index is 0.514. The Balaban J connectivity index is 1.97. The van der Waals surface area contributed by atoms with E-state index in [1.165, 1.54) is 31.2 Å². The number of aromatic nitrogens is 3. The Hall–Kier alpha value is -0.810. The Morgan fingerprint density at radius 2 is 2.11 bits per heavy atom. The summed E-state index contributed by atoms with van der Waals surface area (Å²) in [5, 5.41) is 0.825. The van der Waals surface area contributed by atoms with E-state index < -0.39 is 0 Å². The Bertz CT molecular complexity index is 636. The maximum Gasteiger partial charge on any atom is 0.179 e. The summed E-state index contributed by atoms with van der Waals surface area (Å²) in [5.74, 6) is 0. The summed E-state index contributed by atoms with van der Waals surface area (Å²) < 4.78 is 3.06. The smallest absolute Gasteiger partial charge is 0.179 e. The third-order valence-electron chi connectivity index (χ3n) is 4.03. The molecule has 1 N–H and O–H groups in total. The third kappa shape index (κ3) is 2.46. The third-order valence-corrected chi connectivity index (χ3v) is 5.47. The summed E-state index contributed by atoms with van der Waals surface area (Å²) in [7, 11) is 0. The molecule has 1 aliphatic rings. The molecule has 1 fully saturated rings. The summed E-state index contributed by atoms with van der Waals surface area (Å²) in [4.78, 5) is 7.88. The number of rotatable bonds is 2. The van der Waals surface area contributed by atoms with Crippen LogP contribution in [0.2, 0.25) is 0 Å². The van der Waals surface area contributed by atoms with E-state index in [-0.39, 0.29) is 0 Å². The van der Waals surface area contributed by atoms with Crippen LogP contribution in [0.25, 0.3) is 11.2 Å². The van der Waals surface area contributed by atoms with E-state index in [2.05, 4.69) is 33.8 Å². The summed E-state index contributed by atoms with van der Waals surface area (Å²) in [6.45, 7) is 2.06. The second-order valence-electron chi connectivity index (χ2n) is 5.35. The summed E-state index contributed by atoms with van der Waals surface area (Å²) in [5.41, 5.74) is 3.25. The molecule has 0 aromatic carbocycles. The number of hydrogen-bond donors (Lipinski definition) is 1. The van der Waals surface area contributed by atoms with E-state index in [4.69, 9.17) is 12.2 Å². The number of aryl methyl sites for hydroxylation is 1. The van der Waals surface area contributed by atoms with E-state index >= 15 is 0 Å². The lowest BCUT2D eigenvalue weighted by Crippen LogP contribution is -2.19. The molecule has 2 aromatic rings. The van der Waals surface area contributed by atoms with E-state index in [1.54, 1.807) is 0 Å². The fourth-order valence-corrected chi connectivity index (χ4v) is 4.08.